The van der Waals surface area contributed by atoms with Gasteiger partial charge in [0.05, 0.1) is 5.69 Å². The highest BCUT2D eigenvalue weighted by Gasteiger charge is 1.84. The lowest BCUT2D eigenvalue weighted by molar-refractivity contribution is 1.29. The number of nitrogens with zero attached hydrogens (tertiary/aromatic N) is 2. The fourth-order valence-corrected chi connectivity index (χ4v) is 0.611. The molecule has 2 heteroatoms. The maximum Gasteiger partial charge on any atom is 0.0875 e. The van der Waals surface area contributed by atoms with Crippen LogP contribution in [0.1, 0.15) is 5.56 Å². The van der Waals surface area contributed by atoms with Gasteiger partial charge in [-0.15, -0.1) is 5.11 Å². The molecule has 0 spiro atoms. The van der Waals surface area contributed by atoms with E-state index in [2.05, 4.69) is 5.11 Å². The lowest BCUT2D eigenvalue weighted by atomic mass is 10.2. The standard InChI is InChI=1S/C7H7N2/c1-6-2-4-7(9-8)5-3-6/h2-5H,1H3. The van der Waals surface area contributed by atoms with E-state index in [1.54, 1.807) is 12.1 Å². The van der Waals surface area contributed by atoms with Gasteiger partial charge in [-0.05, 0) is 24.6 Å². The van der Waals surface area contributed by atoms with Gasteiger partial charge in [-0.2, -0.15) is 0 Å². The number of hydrogen-bond donors (Lipinski definition) is 0. The van der Waals surface area contributed by atoms with Crippen molar-refractivity contribution in [2.24, 2.45) is 5.11 Å². The van der Waals surface area contributed by atoms with E-state index in [4.69, 9.17) is 5.53 Å². The van der Waals surface area contributed by atoms with Crippen LogP contribution in [0.25, 0.3) is 0 Å². The Hall–Kier alpha value is -1.18. The molecule has 0 N–H and O–H groups in total. The molecule has 0 heterocycles. The minimum atomic E-state index is 0.598. The summed E-state index contributed by atoms with van der Waals surface area (Å²) in [5, 5.41) is 3.01. The van der Waals surface area contributed by atoms with E-state index in [9.17, 15) is 0 Å². The molecule has 45 valence electrons. The molecular weight excluding hydrogens is 112 g/mol. The number of benzene rings is 1. The highest BCUT2D eigenvalue weighted by Crippen LogP contribution is 2.09. The van der Waals surface area contributed by atoms with Crippen molar-refractivity contribution < 1.29 is 0 Å². The summed E-state index contributed by atoms with van der Waals surface area (Å²) in [6, 6.07) is 7.31. The average molecular weight is 119 g/mol. The molecule has 0 aliphatic carbocycles. The predicted octanol–water partition coefficient (Wildman–Crippen LogP) is 1.88. The first kappa shape index (κ1) is 5.95. The van der Waals surface area contributed by atoms with Crippen LogP contribution in [-0.4, -0.2) is 0 Å². The summed E-state index contributed by atoms with van der Waals surface area (Å²) in [6.45, 7) is 1.99. The van der Waals surface area contributed by atoms with Crippen LogP contribution in [0.15, 0.2) is 29.4 Å². The zero-order valence-corrected chi connectivity index (χ0v) is 5.20. The zero-order chi connectivity index (χ0) is 6.69. The Morgan fingerprint density at radius 3 is 2.22 bits per heavy atom. The van der Waals surface area contributed by atoms with Gasteiger partial charge in [0.15, 0.2) is 0 Å². The quantitative estimate of drug-likeness (QED) is 0.506. The van der Waals surface area contributed by atoms with Crippen LogP contribution in [0.5, 0.6) is 0 Å². The van der Waals surface area contributed by atoms with Gasteiger partial charge in [0.25, 0.3) is 0 Å². The molecule has 9 heavy (non-hydrogen) atoms. The third-order valence-electron chi connectivity index (χ3n) is 1.15. The predicted molar refractivity (Wildman–Crippen MR) is 35.4 cm³/mol. The van der Waals surface area contributed by atoms with Gasteiger partial charge in [-0.3, -0.25) is 0 Å². The van der Waals surface area contributed by atoms with Crippen LogP contribution < -0.4 is 5.53 Å². The van der Waals surface area contributed by atoms with E-state index < -0.39 is 0 Å². The molecule has 1 aromatic rings. The normalized spacial score (nSPS) is 9.00. The summed E-state index contributed by atoms with van der Waals surface area (Å²) < 4.78 is 0. The summed E-state index contributed by atoms with van der Waals surface area (Å²) in [7, 11) is 0. The Morgan fingerprint density at radius 2 is 1.78 bits per heavy atom. The van der Waals surface area contributed by atoms with Crippen LogP contribution in [0.3, 0.4) is 0 Å². The van der Waals surface area contributed by atoms with E-state index in [-0.39, 0.29) is 0 Å². The monoisotopic (exact) mass is 119 g/mol. The fourth-order valence-electron chi connectivity index (χ4n) is 0.611. The van der Waals surface area contributed by atoms with E-state index in [0.717, 1.165) is 0 Å². The molecule has 1 aromatic carbocycles. The minimum Gasteiger partial charge on any atom is -0.129 e. The van der Waals surface area contributed by atoms with Crippen LogP contribution in [0.4, 0.5) is 5.69 Å². The molecule has 0 bridgehead atoms. The molecule has 2 nitrogen and oxygen atoms in total. The van der Waals surface area contributed by atoms with Gasteiger partial charge in [0, 0.05) is 0 Å². The molecule has 0 saturated heterocycles. The van der Waals surface area contributed by atoms with Gasteiger partial charge in [-0.25, -0.2) is 0 Å². The molecule has 1 radical (unpaired) electrons. The van der Waals surface area contributed by atoms with Gasteiger partial charge in [0.2, 0.25) is 0 Å². The number of aryl methyl sites for hydroxylation is 1. The second-order valence-corrected chi connectivity index (χ2v) is 1.94. The Bertz CT molecular complexity index is 201. The van der Waals surface area contributed by atoms with Crippen LogP contribution in [0.2, 0.25) is 0 Å². The van der Waals surface area contributed by atoms with E-state index in [1.165, 1.54) is 5.56 Å². The Balaban J connectivity index is 3.01. The maximum absolute atomic E-state index is 8.25. The molecule has 0 saturated carbocycles. The van der Waals surface area contributed by atoms with Crippen LogP contribution in [-0.2, 0) is 0 Å². The van der Waals surface area contributed by atoms with Gasteiger partial charge in [0.1, 0.15) is 0 Å². The second-order valence-electron chi connectivity index (χ2n) is 1.94. The zero-order valence-electron chi connectivity index (χ0n) is 5.20. The first-order chi connectivity index (χ1) is 4.33. The molecule has 0 fully saturated rings. The number of rotatable bonds is 1. The van der Waals surface area contributed by atoms with Crippen LogP contribution in [0, 0.1) is 6.92 Å². The molecule has 0 aliphatic rings. The highest BCUT2D eigenvalue weighted by atomic mass is 14.9. The second kappa shape index (κ2) is 2.40. The number of hydrogen-bond acceptors (Lipinski definition) is 1. The lowest BCUT2D eigenvalue weighted by Gasteiger charge is -1.89. The minimum absolute atomic E-state index is 0.598. The maximum atomic E-state index is 8.25. The molecule has 0 unspecified atom stereocenters. The smallest absolute Gasteiger partial charge is 0.0875 e. The van der Waals surface area contributed by atoms with Crippen molar-refractivity contribution in [3.63, 3.8) is 0 Å². The van der Waals surface area contributed by atoms with Crippen molar-refractivity contribution in [3.05, 3.63) is 29.8 Å². The summed E-state index contributed by atoms with van der Waals surface area (Å²) in [6.07, 6.45) is 0. The van der Waals surface area contributed by atoms with Crippen LogP contribution >= 0.6 is 0 Å². The third-order valence-corrected chi connectivity index (χ3v) is 1.15. The van der Waals surface area contributed by atoms with Crippen molar-refractivity contribution in [2.45, 2.75) is 6.92 Å². The highest BCUT2D eigenvalue weighted by molar-refractivity contribution is 5.37. The summed E-state index contributed by atoms with van der Waals surface area (Å²) in [4.78, 5) is 0. The molecule has 0 aliphatic heterocycles. The topological polar surface area (TPSA) is 34.7 Å². The summed E-state index contributed by atoms with van der Waals surface area (Å²) in [5.74, 6) is 0. The van der Waals surface area contributed by atoms with Gasteiger partial charge < -0.3 is 0 Å². The first-order valence-electron chi connectivity index (χ1n) is 2.74. The largest absolute Gasteiger partial charge is 0.129 e. The molecule has 0 amide bonds. The Kier molecular flexibility index (Phi) is 1.58. The molecule has 0 atom stereocenters. The fraction of sp³-hybridized carbons (Fsp3) is 0.143. The summed E-state index contributed by atoms with van der Waals surface area (Å²) in [5.41, 5.74) is 10.0. The van der Waals surface area contributed by atoms with Gasteiger partial charge >= 0.3 is 0 Å². The lowest BCUT2D eigenvalue weighted by Crippen LogP contribution is -1.67. The van der Waals surface area contributed by atoms with E-state index >= 15 is 0 Å². The van der Waals surface area contributed by atoms with Crippen molar-refractivity contribution in [1.82, 2.24) is 5.53 Å². The SMILES string of the molecule is Cc1ccc(N=[N])cc1. The van der Waals surface area contributed by atoms with Crippen molar-refractivity contribution in [1.29, 1.82) is 0 Å². The third kappa shape index (κ3) is 1.35. The van der Waals surface area contributed by atoms with Crippen molar-refractivity contribution in [3.8, 4) is 0 Å². The molecule has 1 rings (SSSR count). The molecule has 0 aromatic heterocycles. The van der Waals surface area contributed by atoms with Gasteiger partial charge in [-0.1, -0.05) is 17.7 Å². The Labute approximate surface area is 54.0 Å². The van der Waals surface area contributed by atoms with E-state index in [0.29, 0.717) is 5.69 Å². The van der Waals surface area contributed by atoms with Crippen molar-refractivity contribution >= 4 is 5.69 Å². The summed E-state index contributed by atoms with van der Waals surface area (Å²) >= 11 is 0. The Morgan fingerprint density at radius 1 is 1.22 bits per heavy atom. The molecular formula is C7H7N2. The average Bonchev–Trinajstić information content (AvgIpc) is 1.90. The van der Waals surface area contributed by atoms with Crippen molar-refractivity contribution in [2.75, 3.05) is 0 Å². The van der Waals surface area contributed by atoms with E-state index in [1.807, 2.05) is 19.1 Å². The first-order valence-corrected chi connectivity index (χ1v) is 2.74.